The highest BCUT2D eigenvalue weighted by Crippen LogP contribution is 2.43. The number of aliphatic hydroxyl groups excluding tert-OH is 3. The van der Waals surface area contributed by atoms with Gasteiger partial charge in [-0.05, 0) is 46.1 Å². The van der Waals surface area contributed by atoms with Gasteiger partial charge < -0.3 is 58.3 Å². The molecule has 3 heterocycles. The Balaban J connectivity index is 1.69. The highest BCUT2D eigenvalue weighted by atomic mass is 32.2. The van der Waals surface area contributed by atoms with E-state index in [-0.39, 0.29) is 31.6 Å². The number of primary amides is 1. The number of allylic oxidation sites excluding steroid dienone is 2. The van der Waals surface area contributed by atoms with Gasteiger partial charge in [-0.2, -0.15) is 0 Å². The zero-order chi connectivity index (χ0) is 46.3. The maximum absolute atomic E-state index is 14.6. The standard InChI is InChI=1S/C42H58N8O12S/c1-4-19(2)37-41(61)46-14-35(57)47-28-18-63-33-11-21-7-24(43)5-6-26(21)27(33)8-22(39(59)45-15-36(58)48-37)9-31(54)38(20(3)32(55)17-51)49-40(60)29-13-25(52)16-50(29)42(62)23(10-30(28)53)12-34(44)56/h5-7,19-20,22-23,25,28-29,32,37-38,51-52,55H,4,8-18,43H2,1-3H3,(H2,44,56)(H,45,59)(H,46,61)(H,47,57)(H,48,58)(H,49,60)/t19-,20-,22?,23-,25?,28?,29-,32-,37-,38-/m0/s1. The van der Waals surface area contributed by atoms with E-state index in [0.717, 1.165) is 10.5 Å². The first-order valence-electron chi connectivity index (χ1n) is 21.1. The maximum atomic E-state index is 14.6. The molecule has 0 saturated carbocycles. The average molecular weight is 899 g/mol. The van der Waals surface area contributed by atoms with Gasteiger partial charge in [0.05, 0.1) is 49.9 Å². The van der Waals surface area contributed by atoms with Crippen LogP contribution in [-0.2, 0) is 49.6 Å². The second-order valence-electron chi connectivity index (χ2n) is 16.9. The summed E-state index contributed by atoms with van der Waals surface area (Å²) >= 11 is 1.17. The first kappa shape index (κ1) is 48.6. The van der Waals surface area contributed by atoms with Gasteiger partial charge in [0.25, 0.3) is 0 Å². The van der Waals surface area contributed by atoms with E-state index >= 15 is 0 Å². The molecule has 1 saturated heterocycles. The molecule has 12 N–H and O–H groups in total. The van der Waals surface area contributed by atoms with E-state index in [1.807, 2.05) is 0 Å². The molecule has 3 aliphatic heterocycles. The van der Waals surface area contributed by atoms with Gasteiger partial charge in [-0.1, -0.05) is 33.3 Å². The molecule has 10 atom stereocenters. The number of nitrogens with zero attached hydrogens (tertiary/aromatic N) is 1. The van der Waals surface area contributed by atoms with Crippen molar-refractivity contribution in [1.82, 2.24) is 31.5 Å². The molecule has 344 valence electrons. The molecular weight excluding hydrogens is 841 g/mol. The van der Waals surface area contributed by atoms with E-state index < -0.39 is 152 Å². The summed E-state index contributed by atoms with van der Waals surface area (Å²) in [7, 11) is 0. The molecule has 2 bridgehead atoms. The molecule has 1 aliphatic carbocycles. The lowest BCUT2D eigenvalue weighted by atomic mass is 9.85. The van der Waals surface area contributed by atoms with Gasteiger partial charge in [-0.15, -0.1) is 11.8 Å². The van der Waals surface area contributed by atoms with Crippen LogP contribution in [0.5, 0.6) is 0 Å². The van der Waals surface area contributed by atoms with E-state index in [0.29, 0.717) is 28.1 Å². The highest BCUT2D eigenvalue weighted by Gasteiger charge is 2.45. The summed E-state index contributed by atoms with van der Waals surface area (Å²) in [5, 5.41) is 44.4. The maximum Gasteiger partial charge on any atom is 0.243 e. The summed E-state index contributed by atoms with van der Waals surface area (Å²) in [4.78, 5) is 126. The summed E-state index contributed by atoms with van der Waals surface area (Å²) in [5.41, 5.74) is 14.2. The van der Waals surface area contributed by atoms with Crippen LogP contribution in [0.15, 0.2) is 23.1 Å². The van der Waals surface area contributed by atoms with Gasteiger partial charge in [-0.25, -0.2) is 0 Å². The Kier molecular flexibility index (Phi) is 16.5. The topological polar surface area (TPSA) is 330 Å². The lowest BCUT2D eigenvalue weighted by molar-refractivity contribution is -0.145. The minimum Gasteiger partial charge on any atom is -0.399 e. The van der Waals surface area contributed by atoms with Crippen molar-refractivity contribution in [3.8, 4) is 0 Å². The first-order valence-corrected chi connectivity index (χ1v) is 22.1. The highest BCUT2D eigenvalue weighted by molar-refractivity contribution is 8.03. The lowest BCUT2D eigenvalue weighted by Gasteiger charge is -2.32. The number of amides is 7. The third kappa shape index (κ3) is 12.0. The van der Waals surface area contributed by atoms with Crippen LogP contribution in [0.4, 0.5) is 5.69 Å². The van der Waals surface area contributed by atoms with Crippen molar-refractivity contribution in [2.45, 2.75) is 102 Å². The quantitative estimate of drug-likeness (QED) is 0.126. The van der Waals surface area contributed by atoms with Gasteiger partial charge in [0.15, 0.2) is 11.6 Å². The molecule has 63 heavy (non-hydrogen) atoms. The predicted molar refractivity (Wildman–Crippen MR) is 228 cm³/mol. The van der Waals surface area contributed by atoms with Crippen molar-refractivity contribution in [2.75, 3.05) is 37.7 Å². The Morgan fingerprint density at radius 3 is 2.25 bits per heavy atom. The Morgan fingerprint density at radius 2 is 1.59 bits per heavy atom. The molecule has 21 heteroatoms. The number of Topliss-reactive ketones (excluding diaryl/α,β-unsaturated/α-hetero) is 2. The fraction of sp³-hybridized carbons (Fsp3) is 0.595. The van der Waals surface area contributed by atoms with Gasteiger partial charge in [0, 0.05) is 61.9 Å². The Bertz CT molecular complexity index is 2030. The molecule has 1 aromatic carbocycles. The number of aliphatic hydroxyl groups is 3. The van der Waals surface area contributed by atoms with E-state index in [1.54, 1.807) is 32.0 Å². The fourth-order valence-corrected chi connectivity index (χ4v) is 9.70. The molecule has 1 aromatic rings. The summed E-state index contributed by atoms with van der Waals surface area (Å²) in [6, 6.07) is -0.318. The SMILES string of the molecule is CC[C@H](C)[C@@H]1NC(=O)CNC(=O)C2CC(=O)[C@H]([C@@H](C)[C@@H](O)CO)NC(=O)[C@@H]3CC(O)CN3C(=O)[C@H](CC(N)=O)CC(=O)C(CSC3=C(C2)c2ccc(N)cc2C3)NC(=O)CNC1=O. The van der Waals surface area contributed by atoms with Crippen molar-refractivity contribution in [3.63, 3.8) is 0 Å². The van der Waals surface area contributed by atoms with Crippen LogP contribution in [0, 0.1) is 23.7 Å². The summed E-state index contributed by atoms with van der Waals surface area (Å²) in [6.45, 7) is 2.48. The number of nitrogens with one attached hydrogen (secondary N) is 5. The monoisotopic (exact) mass is 898 g/mol. The number of carbonyl (C=O) groups is 9. The molecule has 5 rings (SSSR count). The minimum absolute atomic E-state index is 0.114. The zero-order valence-corrected chi connectivity index (χ0v) is 36.3. The number of carbonyl (C=O) groups excluding carboxylic acids is 9. The number of benzene rings is 1. The third-order valence-corrected chi connectivity index (χ3v) is 13.5. The van der Waals surface area contributed by atoms with Crippen LogP contribution < -0.4 is 38.1 Å². The van der Waals surface area contributed by atoms with Gasteiger partial charge >= 0.3 is 0 Å². The zero-order valence-electron chi connectivity index (χ0n) is 35.5. The molecule has 7 amide bonds. The number of thioether (sulfide) groups is 1. The Hall–Kier alpha value is -5.38. The smallest absolute Gasteiger partial charge is 0.243 e. The van der Waals surface area contributed by atoms with Crippen LogP contribution >= 0.6 is 11.8 Å². The van der Waals surface area contributed by atoms with Crippen molar-refractivity contribution in [3.05, 3.63) is 34.2 Å². The van der Waals surface area contributed by atoms with Crippen molar-refractivity contribution >= 4 is 75.9 Å². The molecular formula is C42H58N8O12S. The number of fused-ring (bicyclic) bond motifs is 5. The van der Waals surface area contributed by atoms with Crippen LogP contribution in [-0.4, -0.2) is 142 Å². The van der Waals surface area contributed by atoms with E-state index in [2.05, 4.69) is 26.6 Å². The summed E-state index contributed by atoms with van der Waals surface area (Å²) in [5.74, 6) is -11.6. The van der Waals surface area contributed by atoms with Crippen molar-refractivity contribution in [2.24, 2.45) is 29.4 Å². The molecule has 0 spiro atoms. The number of hydrogen-bond acceptors (Lipinski definition) is 14. The van der Waals surface area contributed by atoms with Gasteiger partial charge in [0.2, 0.25) is 41.4 Å². The van der Waals surface area contributed by atoms with E-state index in [4.69, 9.17) is 11.5 Å². The number of anilines is 1. The van der Waals surface area contributed by atoms with Gasteiger partial charge in [0.1, 0.15) is 12.1 Å². The van der Waals surface area contributed by atoms with Crippen molar-refractivity contribution in [1.29, 1.82) is 0 Å². The van der Waals surface area contributed by atoms with Crippen LogP contribution in [0.3, 0.4) is 0 Å². The largest absolute Gasteiger partial charge is 0.399 e. The van der Waals surface area contributed by atoms with Crippen LogP contribution in [0.25, 0.3) is 5.57 Å². The van der Waals surface area contributed by atoms with Gasteiger partial charge in [-0.3, -0.25) is 43.2 Å². The van der Waals surface area contributed by atoms with Crippen LogP contribution in [0.2, 0.25) is 0 Å². The number of ketones is 2. The normalized spacial score (nSPS) is 28.7. The first-order chi connectivity index (χ1) is 29.8. The van der Waals surface area contributed by atoms with Crippen molar-refractivity contribution < 1.29 is 58.5 Å². The number of rotatable bonds is 7. The molecule has 0 aromatic heterocycles. The molecule has 4 aliphatic rings. The molecule has 1 fully saturated rings. The lowest BCUT2D eigenvalue weighted by Crippen LogP contribution is -2.56. The number of nitrogen functional groups attached to an aromatic ring is 1. The molecule has 20 nitrogen and oxygen atoms in total. The average Bonchev–Trinajstić information content (AvgIpc) is 3.80. The van der Waals surface area contributed by atoms with E-state index in [1.165, 1.54) is 18.7 Å². The minimum atomic E-state index is -1.56. The Morgan fingerprint density at radius 1 is 0.905 bits per heavy atom. The summed E-state index contributed by atoms with van der Waals surface area (Å²) in [6.07, 6.45) is -4.36. The number of hydrogen-bond donors (Lipinski definition) is 10. The summed E-state index contributed by atoms with van der Waals surface area (Å²) < 4.78 is 0. The second kappa shape index (κ2) is 21.3. The fourth-order valence-electron chi connectivity index (χ4n) is 8.44. The molecule has 0 radical (unpaired) electrons. The second-order valence-corrected chi connectivity index (χ2v) is 18.0. The van der Waals surface area contributed by atoms with E-state index in [9.17, 15) is 58.5 Å². The third-order valence-electron chi connectivity index (χ3n) is 12.3. The number of nitrogens with two attached hydrogens (primary N) is 2. The Labute approximate surface area is 368 Å². The predicted octanol–water partition coefficient (Wildman–Crippen LogP) is -2.60. The van der Waals surface area contributed by atoms with Crippen LogP contribution in [0.1, 0.15) is 70.4 Å². The molecule has 3 unspecified atom stereocenters.